The van der Waals surface area contributed by atoms with Crippen LogP contribution >= 0.6 is 0 Å². The zero-order valence-corrected chi connectivity index (χ0v) is 10.2. The van der Waals surface area contributed by atoms with E-state index in [1.165, 1.54) is 0 Å². The molecule has 0 spiro atoms. The van der Waals surface area contributed by atoms with Crippen molar-refractivity contribution in [3.05, 3.63) is 17.5 Å². The van der Waals surface area contributed by atoms with Crippen LogP contribution in [0.1, 0.15) is 36.8 Å². The van der Waals surface area contributed by atoms with Gasteiger partial charge < -0.3 is 5.32 Å². The molecule has 0 unspecified atom stereocenters. The van der Waals surface area contributed by atoms with E-state index in [4.69, 9.17) is 6.42 Å². The van der Waals surface area contributed by atoms with Gasteiger partial charge >= 0.3 is 0 Å². The third-order valence-corrected chi connectivity index (χ3v) is 2.27. The lowest BCUT2D eigenvalue weighted by atomic mass is 10.1. The highest BCUT2D eigenvalue weighted by Crippen LogP contribution is 2.09. The lowest BCUT2D eigenvalue weighted by Crippen LogP contribution is -2.42. The molecule has 0 radical (unpaired) electrons. The maximum atomic E-state index is 12.0. The molecule has 0 fully saturated rings. The van der Waals surface area contributed by atoms with Crippen LogP contribution in [0.2, 0.25) is 0 Å². The van der Waals surface area contributed by atoms with Gasteiger partial charge in [-0.05, 0) is 20.3 Å². The highest BCUT2D eigenvalue weighted by atomic mass is 16.1. The fourth-order valence-electron chi connectivity index (χ4n) is 1.37. The van der Waals surface area contributed by atoms with Gasteiger partial charge in [-0.15, -0.1) is 6.42 Å². The van der Waals surface area contributed by atoms with Gasteiger partial charge in [-0.25, -0.2) is 0 Å². The molecule has 1 N–H and O–H groups in total. The number of terminal acetylenes is 1. The van der Waals surface area contributed by atoms with Crippen LogP contribution in [0.5, 0.6) is 0 Å². The minimum Gasteiger partial charge on any atom is -0.336 e. The van der Waals surface area contributed by atoms with Crippen LogP contribution in [-0.2, 0) is 13.5 Å². The van der Waals surface area contributed by atoms with Crippen molar-refractivity contribution in [2.45, 2.75) is 32.7 Å². The van der Waals surface area contributed by atoms with Crippen LogP contribution in [0.3, 0.4) is 0 Å². The highest BCUT2D eigenvalue weighted by molar-refractivity contribution is 5.95. The second kappa shape index (κ2) is 4.40. The SMILES string of the molecule is C#CC(C)(C)NC(=O)c1cn(C)nc1CC. The van der Waals surface area contributed by atoms with Crippen molar-refractivity contribution in [3.63, 3.8) is 0 Å². The zero-order chi connectivity index (χ0) is 12.3. The molecule has 0 aromatic carbocycles. The standard InChI is InChI=1S/C12H17N3O/c1-6-10-9(8-15(5)14-10)11(16)13-12(3,4)7-2/h2,8H,6H2,1,3-5H3,(H,13,16). The molecule has 0 aliphatic heterocycles. The molecule has 1 heterocycles. The average Bonchev–Trinajstić information content (AvgIpc) is 2.59. The third-order valence-electron chi connectivity index (χ3n) is 2.27. The lowest BCUT2D eigenvalue weighted by molar-refractivity contribution is 0.0929. The molecule has 16 heavy (non-hydrogen) atoms. The summed E-state index contributed by atoms with van der Waals surface area (Å²) in [6.45, 7) is 5.53. The minimum absolute atomic E-state index is 0.173. The molecule has 4 nitrogen and oxygen atoms in total. The second-order valence-electron chi connectivity index (χ2n) is 4.24. The Morgan fingerprint density at radius 1 is 1.69 bits per heavy atom. The van der Waals surface area contributed by atoms with Gasteiger partial charge in [-0.1, -0.05) is 12.8 Å². The molecular weight excluding hydrogens is 202 g/mol. The van der Waals surface area contributed by atoms with E-state index in [-0.39, 0.29) is 5.91 Å². The zero-order valence-electron chi connectivity index (χ0n) is 10.2. The Hall–Kier alpha value is -1.76. The first kappa shape index (κ1) is 12.3. The van der Waals surface area contributed by atoms with Crippen molar-refractivity contribution < 1.29 is 4.79 Å². The Morgan fingerprint density at radius 3 is 2.81 bits per heavy atom. The normalized spacial score (nSPS) is 10.9. The van der Waals surface area contributed by atoms with Gasteiger partial charge in [0.05, 0.1) is 16.8 Å². The van der Waals surface area contributed by atoms with Crippen LogP contribution in [0, 0.1) is 12.3 Å². The van der Waals surface area contributed by atoms with E-state index >= 15 is 0 Å². The molecule has 1 amide bonds. The molecule has 86 valence electrons. The number of carbonyl (C=O) groups is 1. The van der Waals surface area contributed by atoms with Crippen LogP contribution in [0.4, 0.5) is 0 Å². The maximum Gasteiger partial charge on any atom is 0.255 e. The fraction of sp³-hybridized carbons (Fsp3) is 0.500. The molecule has 1 rings (SSSR count). The summed E-state index contributed by atoms with van der Waals surface area (Å²) < 4.78 is 1.64. The quantitative estimate of drug-likeness (QED) is 0.774. The molecule has 0 bridgehead atoms. The molecule has 0 saturated carbocycles. The fourth-order valence-corrected chi connectivity index (χ4v) is 1.37. The molecule has 4 heteroatoms. The minimum atomic E-state index is -0.641. The summed E-state index contributed by atoms with van der Waals surface area (Å²) >= 11 is 0. The van der Waals surface area contributed by atoms with E-state index in [0.717, 1.165) is 12.1 Å². The second-order valence-corrected chi connectivity index (χ2v) is 4.24. The molecule has 0 aliphatic rings. The predicted octanol–water partition coefficient (Wildman–Crippen LogP) is 1.12. The van der Waals surface area contributed by atoms with Gasteiger partial charge in [0.25, 0.3) is 5.91 Å². The maximum absolute atomic E-state index is 12.0. The molecule has 1 aromatic rings. The number of hydrogen-bond donors (Lipinski definition) is 1. The van der Waals surface area contributed by atoms with Crippen LogP contribution in [-0.4, -0.2) is 21.2 Å². The van der Waals surface area contributed by atoms with E-state index in [2.05, 4.69) is 16.3 Å². The van der Waals surface area contributed by atoms with Gasteiger partial charge in [-0.3, -0.25) is 9.48 Å². The number of hydrogen-bond acceptors (Lipinski definition) is 2. The van der Waals surface area contributed by atoms with Crippen molar-refractivity contribution in [1.29, 1.82) is 0 Å². The van der Waals surface area contributed by atoms with Crippen LogP contribution in [0.15, 0.2) is 6.20 Å². The molecular formula is C12H17N3O. The first-order valence-electron chi connectivity index (χ1n) is 5.22. The number of aryl methyl sites for hydroxylation is 2. The Labute approximate surface area is 96.0 Å². The van der Waals surface area contributed by atoms with E-state index in [0.29, 0.717) is 5.56 Å². The Balaban J connectivity index is 2.93. The number of nitrogens with one attached hydrogen (secondary N) is 1. The molecule has 0 saturated heterocycles. The van der Waals surface area contributed by atoms with Crippen molar-refractivity contribution in [2.24, 2.45) is 7.05 Å². The van der Waals surface area contributed by atoms with Crippen molar-refractivity contribution in [3.8, 4) is 12.3 Å². The molecule has 0 aliphatic carbocycles. The summed E-state index contributed by atoms with van der Waals surface area (Å²) in [5, 5.41) is 6.99. The summed E-state index contributed by atoms with van der Waals surface area (Å²) in [5.74, 6) is 2.35. The number of rotatable bonds is 3. The van der Waals surface area contributed by atoms with E-state index in [1.807, 2.05) is 6.92 Å². The number of aromatic nitrogens is 2. The van der Waals surface area contributed by atoms with Crippen molar-refractivity contribution in [1.82, 2.24) is 15.1 Å². The van der Waals surface area contributed by atoms with Crippen LogP contribution < -0.4 is 5.32 Å². The average molecular weight is 219 g/mol. The monoisotopic (exact) mass is 219 g/mol. The van der Waals surface area contributed by atoms with Gasteiger partial charge in [0.15, 0.2) is 0 Å². The summed E-state index contributed by atoms with van der Waals surface area (Å²) in [6.07, 6.45) is 7.75. The summed E-state index contributed by atoms with van der Waals surface area (Å²) in [5.41, 5.74) is 0.735. The Morgan fingerprint density at radius 2 is 2.31 bits per heavy atom. The predicted molar refractivity (Wildman–Crippen MR) is 63.0 cm³/mol. The first-order chi connectivity index (χ1) is 7.39. The largest absolute Gasteiger partial charge is 0.336 e. The van der Waals surface area contributed by atoms with Gasteiger partial charge in [0, 0.05) is 13.2 Å². The van der Waals surface area contributed by atoms with Crippen LogP contribution in [0.25, 0.3) is 0 Å². The third kappa shape index (κ3) is 2.63. The van der Waals surface area contributed by atoms with E-state index < -0.39 is 5.54 Å². The smallest absolute Gasteiger partial charge is 0.255 e. The Bertz CT molecular complexity index is 438. The molecule has 0 atom stereocenters. The van der Waals surface area contributed by atoms with E-state index in [9.17, 15) is 4.79 Å². The Kier molecular flexibility index (Phi) is 3.38. The number of carbonyl (C=O) groups excluding carboxylic acids is 1. The van der Waals surface area contributed by atoms with Crippen molar-refractivity contribution in [2.75, 3.05) is 0 Å². The molecule has 1 aromatic heterocycles. The first-order valence-corrected chi connectivity index (χ1v) is 5.22. The van der Waals surface area contributed by atoms with Gasteiger partial charge in [-0.2, -0.15) is 5.10 Å². The summed E-state index contributed by atoms with van der Waals surface area (Å²) in [7, 11) is 1.79. The topological polar surface area (TPSA) is 46.9 Å². The van der Waals surface area contributed by atoms with Gasteiger partial charge in [0.1, 0.15) is 0 Å². The summed E-state index contributed by atoms with van der Waals surface area (Å²) in [6, 6.07) is 0. The van der Waals surface area contributed by atoms with Crippen molar-refractivity contribution >= 4 is 5.91 Å². The van der Waals surface area contributed by atoms with Gasteiger partial charge in [0.2, 0.25) is 0 Å². The van der Waals surface area contributed by atoms with E-state index in [1.54, 1.807) is 31.8 Å². The highest BCUT2D eigenvalue weighted by Gasteiger charge is 2.21. The lowest BCUT2D eigenvalue weighted by Gasteiger charge is -2.19. The number of amides is 1. The number of nitrogens with zero attached hydrogens (tertiary/aromatic N) is 2. The summed E-state index contributed by atoms with van der Waals surface area (Å²) in [4.78, 5) is 12.0.